The first-order valence-electron chi connectivity index (χ1n) is 7.77. The lowest BCUT2D eigenvalue weighted by molar-refractivity contribution is 0.0946. The summed E-state index contributed by atoms with van der Waals surface area (Å²) in [4.78, 5) is 15.7. The Morgan fingerprint density at radius 2 is 2.12 bits per heavy atom. The Balaban J connectivity index is 1.79. The van der Waals surface area contributed by atoms with Gasteiger partial charge in [-0.15, -0.1) is 5.10 Å². The van der Waals surface area contributed by atoms with Crippen LogP contribution in [0, 0.1) is 18.8 Å². The lowest BCUT2D eigenvalue weighted by atomic mass is 10.0. The number of ketones is 1. The van der Waals surface area contributed by atoms with Gasteiger partial charge in [0, 0.05) is 23.2 Å². The van der Waals surface area contributed by atoms with Crippen molar-refractivity contribution in [2.75, 3.05) is 0 Å². The second-order valence-electron chi connectivity index (χ2n) is 6.09. The Hall–Kier alpha value is -2.89. The van der Waals surface area contributed by atoms with Crippen LogP contribution in [0.15, 0.2) is 36.5 Å². The van der Waals surface area contributed by atoms with Gasteiger partial charge in [-0.3, -0.25) is 4.79 Å². The number of carbonyl (C=O) groups is 1. The number of hydrogen-bond donors (Lipinski definition) is 0. The third-order valence-electron chi connectivity index (χ3n) is 4.48. The molecule has 0 saturated carbocycles. The van der Waals surface area contributed by atoms with Gasteiger partial charge < -0.3 is 0 Å². The number of fused-ring (bicyclic) bond motifs is 1. The number of aromatic nitrogens is 4. The Labute approximate surface area is 138 Å². The summed E-state index contributed by atoms with van der Waals surface area (Å²) < 4.78 is 15.3. The molecule has 5 nitrogen and oxygen atoms in total. The van der Waals surface area contributed by atoms with E-state index in [0.717, 1.165) is 28.8 Å². The van der Waals surface area contributed by atoms with Gasteiger partial charge in [0.15, 0.2) is 5.78 Å². The van der Waals surface area contributed by atoms with Gasteiger partial charge in [0.1, 0.15) is 11.4 Å². The molecule has 24 heavy (non-hydrogen) atoms. The summed E-state index contributed by atoms with van der Waals surface area (Å²) in [5.74, 6) is -0.378. The van der Waals surface area contributed by atoms with Crippen molar-refractivity contribution in [1.82, 2.24) is 20.0 Å². The predicted molar refractivity (Wildman–Crippen MR) is 86.5 cm³/mol. The molecule has 0 N–H and O–H groups in total. The maximum atomic E-state index is 13.9. The van der Waals surface area contributed by atoms with Crippen LogP contribution in [0.2, 0.25) is 0 Å². The van der Waals surface area contributed by atoms with E-state index in [1.54, 1.807) is 12.1 Å². The summed E-state index contributed by atoms with van der Waals surface area (Å²) in [6.45, 7) is 3.78. The van der Waals surface area contributed by atoms with E-state index in [0.29, 0.717) is 5.69 Å². The van der Waals surface area contributed by atoms with E-state index < -0.39 is 5.95 Å². The molecule has 1 aliphatic carbocycles. The molecule has 4 rings (SSSR count). The minimum Gasteiger partial charge on any atom is -0.294 e. The van der Waals surface area contributed by atoms with Crippen molar-refractivity contribution in [2.24, 2.45) is 5.92 Å². The maximum absolute atomic E-state index is 13.9. The summed E-state index contributed by atoms with van der Waals surface area (Å²) in [5, 5.41) is 8.27. The number of hydrogen-bond acceptors (Lipinski definition) is 4. The first kappa shape index (κ1) is 14.7. The molecule has 0 saturated heterocycles. The van der Waals surface area contributed by atoms with Crippen LogP contribution in [0.3, 0.4) is 0 Å². The Morgan fingerprint density at radius 3 is 2.92 bits per heavy atom. The second kappa shape index (κ2) is 5.33. The van der Waals surface area contributed by atoms with Gasteiger partial charge in [-0.1, -0.05) is 24.3 Å². The van der Waals surface area contributed by atoms with Crippen molar-refractivity contribution in [1.29, 1.82) is 0 Å². The molecule has 1 aliphatic rings. The quantitative estimate of drug-likeness (QED) is 0.680. The molecule has 0 fully saturated rings. The highest BCUT2D eigenvalue weighted by atomic mass is 19.1. The van der Waals surface area contributed by atoms with E-state index in [2.05, 4.69) is 15.3 Å². The van der Waals surface area contributed by atoms with Gasteiger partial charge in [-0.25, -0.2) is 9.67 Å². The molecule has 3 aromatic rings. The van der Waals surface area contributed by atoms with E-state index in [9.17, 15) is 9.18 Å². The first-order valence-corrected chi connectivity index (χ1v) is 7.77. The Morgan fingerprint density at radius 1 is 1.29 bits per heavy atom. The highest BCUT2D eigenvalue weighted by molar-refractivity contribution is 6.02. The molecule has 0 spiro atoms. The molecule has 0 radical (unpaired) electrons. The van der Waals surface area contributed by atoms with Crippen LogP contribution in [0.25, 0.3) is 16.9 Å². The molecule has 0 aliphatic heterocycles. The number of carbonyl (C=O) groups excluding carboxylic acids is 1. The summed E-state index contributed by atoms with van der Waals surface area (Å²) in [7, 11) is 0. The van der Waals surface area contributed by atoms with Crippen molar-refractivity contribution in [3.63, 3.8) is 0 Å². The molecular formula is C18H15FN4O. The summed E-state index contributed by atoms with van der Waals surface area (Å²) in [6, 6.07) is 8.96. The van der Waals surface area contributed by atoms with Gasteiger partial charge in [-0.05, 0) is 37.1 Å². The molecule has 2 aromatic heterocycles. The smallest absolute Gasteiger partial charge is 0.238 e. The molecule has 0 amide bonds. The topological polar surface area (TPSA) is 60.7 Å². The van der Waals surface area contributed by atoms with Crippen molar-refractivity contribution in [3.8, 4) is 16.9 Å². The number of rotatable bonds is 2. The van der Waals surface area contributed by atoms with Crippen LogP contribution in [0.4, 0.5) is 4.39 Å². The molecule has 1 aromatic carbocycles. The zero-order valence-corrected chi connectivity index (χ0v) is 13.3. The number of benzene rings is 1. The highest BCUT2D eigenvalue weighted by Gasteiger charge is 2.27. The van der Waals surface area contributed by atoms with E-state index in [4.69, 9.17) is 0 Å². The van der Waals surface area contributed by atoms with Crippen LogP contribution >= 0.6 is 0 Å². The van der Waals surface area contributed by atoms with E-state index in [1.807, 2.05) is 32.0 Å². The Bertz CT molecular complexity index is 963. The molecule has 2 heterocycles. The molecular weight excluding hydrogens is 307 g/mol. The number of halogens is 1. The normalized spacial score (nSPS) is 16.5. The SMILES string of the molecule is Cc1c(-c2ccc3c(c2)C[C@H](C)C3=O)nnn1-c1cccnc1F. The van der Waals surface area contributed by atoms with Crippen molar-refractivity contribution in [3.05, 3.63) is 59.3 Å². The minimum absolute atomic E-state index is 0.0246. The largest absolute Gasteiger partial charge is 0.294 e. The number of Topliss-reactive ketones (excluding diaryl/α,β-unsaturated/α-hetero) is 1. The Kier molecular flexibility index (Phi) is 3.26. The first-order chi connectivity index (χ1) is 11.6. The van der Waals surface area contributed by atoms with E-state index in [1.165, 1.54) is 10.9 Å². The van der Waals surface area contributed by atoms with Crippen LogP contribution in [-0.4, -0.2) is 25.8 Å². The summed E-state index contributed by atoms with van der Waals surface area (Å²) in [6.07, 6.45) is 2.14. The van der Waals surface area contributed by atoms with Gasteiger partial charge in [-0.2, -0.15) is 4.39 Å². The number of nitrogens with zero attached hydrogens (tertiary/aromatic N) is 4. The third kappa shape index (κ3) is 2.14. The molecule has 6 heteroatoms. The standard InChI is InChI=1S/C18H15FN4O/c1-10-8-13-9-12(5-6-14(13)17(10)24)16-11(2)23(22-21-16)15-4-3-7-20-18(15)19/h3-7,9-10H,8H2,1-2H3/t10-/m0/s1. The van der Waals surface area contributed by atoms with Crippen LogP contribution < -0.4 is 0 Å². The van der Waals surface area contributed by atoms with Crippen LogP contribution in [0.1, 0.15) is 28.5 Å². The second-order valence-corrected chi connectivity index (χ2v) is 6.09. The summed E-state index contributed by atoms with van der Waals surface area (Å²) >= 11 is 0. The molecule has 1 atom stereocenters. The fraction of sp³-hybridized carbons (Fsp3) is 0.222. The van der Waals surface area contributed by atoms with Crippen LogP contribution in [-0.2, 0) is 6.42 Å². The van der Waals surface area contributed by atoms with Crippen LogP contribution in [0.5, 0.6) is 0 Å². The predicted octanol–water partition coefficient (Wildman–Crippen LogP) is 3.15. The van der Waals surface area contributed by atoms with Crippen molar-refractivity contribution in [2.45, 2.75) is 20.3 Å². The van der Waals surface area contributed by atoms with Crippen molar-refractivity contribution < 1.29 is 9.18 Å². The maximum Gasteiger partial charge on any atom is 0.238 e. The van der Waals surface area contributed by atoms with Gasteiger partial charge in [0.25, 0.3) is 0 Å². The zero-order chi connectivity index (χ0) is 16.8. The monoisotopic (exact) mass is 322 g/mol. The highest BCUT2D eigenvalue weighted by Crippen LogP contribution is 2.31. The third-order valence-corrected chi connectivity index (χ3v) is 4.48. The molecule has 120 valence electrons. The number of pyridine rings is 1. The average molecular weight is 322 g/mol. The fourth-order valence-corrected chi connectivity index (χ4v) is 3.20. The van der Waals surface area contributed by atoms with E-state index in [-0.39, 0.29) is 17.4 Å². The fourth-order valence-electron chi connectivity index (χ4n) is 3.20. The zero-order valence-electron chi connectivity index (χ0n) is 13.3. The van der Waals surface area contributed by atoms with E-state index >= 15 is 0 Å². The minimum atomic E-state index is -0.592. The summed E-state index contributed by atoms with van der Waals surface area (Å²) in [5.41, 5.74) is 4.36. The lowest BCUT2D eigenvalue weighted by Gasteiger charge is -2.05. The van der Waals surface area contributed by atoms with Gasteiger partial charge >= 0.3 is 0 Å². The average Bonchev–Trinajstić information content (AvgIpc) is 3.08. The van der Waals surface area contributed by atoms with Gasteiger partial charge in [0.2, 0.25) is 5.95 Å². The lowest BCUT2D eigenvalue weighted by Crippen LogP contribution is -2.03. The molecule has 0 bridgehead atoms. The molecule has 0 unspecified atom stereocenters. The van der Waals surface area contributed by atoms with Gasteiger partial charge in [0.05, 0.1) is 5.69 Å². The van der Waals surface area contributed by atoms with Crippen molar-refractivity contribution >= 4 is 5.78 Å².